The van der Waals surface area contributed by atoms with Crippen molar-refractivity contribution in [1.82, 2.24) is 4.98 Å². The van der Waals surface area contributed by atoms with Crippen LogP contribution in [0.25, 0.3) is 0 Å². The molecule has 0 radical (unpaired) electrons. The van der Waals surface area contributed by atoms with E-state index in [-0.39, 0.29) is 20.9 Å². The highest BCUT2D eigenvalue weighted by atomic mass is 35.5. The van der Waals surface area contributed by atoms with E-state index < -0.39 is 5.97 Å². The number of aromatic carboxylic acids is 1. The van der Waals surface area contributed by atoms with Crippen LogP contribution in [0.3, 0.4) is 0 Å². The molecule has 0 aromatic carbocycles. The minimum atomic E-state index is -1.21. The van der Waals surface area contributed by atoms with Gasteiger partial charge in [0.25, 0.3) is 0 Å². The van der Waals surface area contributed by atoms with Gasteiger partial charge < -0.3 is 10.0 Å². The highest BCUT2D eigenvalue weighted by Crippen LogP contribution is 2.40. The van der Waals surface area contributed by atoms with Gasteiger partial charge >= 0.3 is 5.97 Å². The van der Waals surface area contributed by atoms with Crippen molar-refractivity contribution in [3.8, 4) is 0 Å². The first kappa shape index (κ1) is 12.7. The van der Waals surface area contributed by atoms with E-state index in [1.807, 2.05) is 4.90 Å². The second kappa shape index (κ2) is 4.88. The maximum absolute atomic E-state index is 11.0. The number of pyridine rings is 1. The average Bonchev–Trinajstić information content (AvgIpc) is 2.76. The fourth-order valence-corrected chi connectivity index (χ4v) is 2.68. The second-order valence-corrected chi connectivity index (χ2v) is 4.84. The summed E-state index contributed by atoms with van der Waals surface area (Å²) in [5, 5.41) is 9.21. The predicted molar refractivity (Wildman–Crippen MR) is 67.7 cm³/mol. The number of carboxylic acid groups (broad SMARTS) is 1. The van der Waals surface area contributed by atoms with Crippen molar-refractivity contribution in [2.75, 3.05) is 18.0 Å². The first-order valence-corrected chi connectivity index (χ1v) is 6.18. The van der Waals surface area contributed by atoms with Crippen LogP contribution in [0, 0.1) is 0 Å². The van der Waals surface area contributed by atoms with E-state index in [4.69, 9.17) is 39.9 Å². The fraction of sp³-hybridized carbons (Fsp3) is 0.400. The molecule has 1 N–H and O–H groups in total. The quantitative estimate of drug-likeness (QED) is 0.850. The van der Waals surface area contributed by atoms with Gasteiger partial charge in [0.05, 0.1) is 10.7 Å². The Labute approximate surface area is 113 Å². The molecule has 0 amide bonds. The number of halogens is 3. The number of anilines is 1. The summed E-state index contributed by atoms with van der Waals surface area (Å²) in [4.78, 5) is 16.6. The summed E-state index contributed by atoms with van der Waals surface area (Å²) in [6.07, 6.45) is 2.05. The molecule has 1 aromatic heterocycles. The zero-order chi connectivity index (χ0) is 12.6. The average molecular weight is 296 g/mol. The van der Waals surface area contributed by atoms with E-state index >= 15 is 0 Å². The molecule has 0 spiro atoms. The molecule has 7 heteroatoms. The molecule has 2 rings (SSSR count). The van der Waals surface area contributed by atoms with E-state index in [0.717, 1.165) is 25.9 Å². The van der Waals surface area contributed by atoms with E-state index in [1.165, 1.54) is 0 Å². The second-order valence-electron chi connectivity index (χ2n) is 3.73. The van der Waals surface area contributed by atoms with Crippen LogP contribution in [0.1, 0.15) is 23.3 Å². The van der Waals surface area contributed by atoms with Crippen molar-refractivity contribution < 1.29 is 9.90 Å². The van der Waals surface area contributed by atoms with Crippen molar-refractivity contribution in [1.29, 1.82) is 0 Å². The smallest absolute Gasteiger partial charge is 0.356 e. The Morgan fingerprint density at radius 1 is 1.18 bits per heavy atom. The van der Waals surface area contributed by atoms with Crippen LogP contribution in [0.5, 0.6) is 0 Å². The van der Waals surface area contributed by atoms with Crippen molar-refractivity contribution >= 4 is 46.5 Å². The van der Waals surface area contributed by atoms with E-state index in [0.29, 0.717) is 5.69 Å². The highest BCUT2D eigenvalue weighted by Gasteiger charge is 2.25. The number of carboxylic acids is 1. The molecule has 17 heavy (non-hydrogen) atoms. The van der Waals surface area contributed by atoms with Gasteiger partial charge in [0.15, 0.2) is 10.8 Å². The van der Waals surface area contributed by atoms with Crippen molar-refractivity contribution in [3.63, 3.8) is 0 Å². The summed E-state index contributed by atoms with van der Waals surface area (Å²) < 4.78 is 0. The third kappa shape index (κ3) is 2.30. The lowest BCUT2D eigenvalue weighted by Gasteiger charge is -2.21. The number of hydrogen-bond donors (Lipinski definition) is 1. The predicted octanol–water partition coefficient (Wildman–Crippen LogP) is 3.34. The Morgan fingerprint density at radius 3 is 2.29 bits per heavy atom. The Morgan fingerprint density at radius 2 is 1.76 bits per heavy atom. The van der Waals surface area contributed by atoms with Crippen molar-refractivity contribution in [2.24, 2.45) is 0 Å². The van der Waals surface area contributed by atoms with Crippen LogP contribution in [0.4, 0.5) is 5.69 Å². The monoisotopic (exact) mass is 294 g/mol. The molecule has 92 valence electrons. The summed E-state index contributed by atoms with van der Waals surface area (Å²) in [7, 11) is 0. The van der Waals surface area contributed by atoms with Crippen LogP contribution < -0.4 is 4.90 Å². The maximum atomic E-state index is 11.0. The maximum Gasteiger partial charge on any atom is 0.356 e. The topological polar surface area (TPSA) is 53.4 Å². The Kier molecular flexibility index (Phi) is 3.66. The molecule has 1 saturated heterocycles. The van der Waals surface area contributed by atoms with Crippen LogP contribution in [-0.2, 0) is 0 Å². The van der Waals surface area contributed by atoms with Crippen LogP contribution >= 0.6 is 34.8 Å². The summed E-state index contributed by atoms with van der Waals surface area (Å²) in [5.41, 5.74) is 0.214. The van der Waals surface area contributed by atoms with E-state index in [2.05, 4.69) is 4.98 Å². The first-order chi connectivity index (χ1) is 8.02. The number of carbonyl (C=O) groups is 1. The third-order valence-corrected chi connectivity index (χ3v) is 3.73. The minimum absolute atomic E-state index is 0.0321. The Hall–Kier alpha value is -0.710. The van der Waals surface area contributed by atoms with Crippen LogP contribution in [-0.4, -0.2) is 29.1 Å². The van der Waals surface area contributed by atoms with Crippen molar-refractivity contribution in [2.45, 2.75) is 12.8 Å². The van der Waals surface area contributed by atoms with Crippen LogP contribution in [0.15, 0.2) is 0 Å². The van der Waals surface area contributed by atoms with E-state index in [9.17, 15) is 4.79 Å². The lowest BCUT2D eigenvalue weighted by atomic mass is 10.3. The summed E-state index contributed by atoms with van der Waals surface area (Å²) in [5.74, 6) is -1.21. The van der Waals surface area contributed by atoms with Gasteiger partial charge in [-0.05, 0) is 12.8 Å². The zero-order valence-electron chi connectivity index (χ0n) is 8.71. The molecule has 0 atom stereocenters. The van der Waals surface area contributed by atoms with Crippen molar-refractivity contribution in [3.05, 3.63) is 20.9 Å². The van der Waals surface area contributed by atoms with Gasteiger partial charge in [0, 0.05) is 13.1 Å². The normalized spacial score (nSPS) is 15.4. The molecule has 1 aliphatic rings. The Bertz CT molecular complexity index is 473. The lowest BCUT2D eigenvalue weighted by molar-refractivity contribution is 0.0691. The Balaban J connectivity index is 2.59. The van der Waals surface area contributed by atoms with E-state index in [1.54, 1.807) is 0 Å². The fourth-order valence-electron chi connectivity index (χ4n) is 1.86. The molecule has 1 fully saturated rings. The van der Waals surface area contributed by atoms with Gasteiger partial charge in [-0.15, -0.1) is 0 Å². The molecule has 1 aromatic rings. The number of rotatable bonds is 2. The molecular weight excluding hydrogens is 286 g/mol. The van der Waals surface area contributed by atoms with Gasteiger partial charge in [-0.25, -0.2) is 9.78 Å². The molecule has 0 unspecified atom stereocenters. The largest absolute Gasteiger partial charge is 0.476 e. The number of nitrogens with zero attached hydrogens (tertiary/aromatic N) is 2. The molecule has 0 bridgehead atoms. The van der Waals surface area contributed by atoms with Gasteiger partial charge in [-0.3, -0.25) is 0 Å². The molecule has 0 saturated carbocycles. The zero-order valence-corrected chi connectivity index (χ0v) is 11.0. The molecule has 1 aliphatic heterocycles. The van der Waals surface area contributed by atoms with Gasteiger partial charge in [-0.1, -0.05) is 34.8 Å². The lowest BCUT2D eigenvalue weighted by Crippen LogP contribution is -2.20. The van der Waals surface area contributed by atoms with Gasteiger partial charge in [0.2, 0.25) is 0 Å². The highest BCUT2D eigenvalue weighted by molar-refractivity contribution is 6.46. The van der Waals surface area contributed by atoms with Gasteiger partial charge in [-0.2, -0.15) is 0 Å². The molecule has 2 heterocycles. The molecular formula is C10H9Cl3N2O2. The van der Waals surface area contributed by atoms with Crippen LogP contribution in [0.2, 0.25) is 15.2 Å². The summed E-state index contributed by atoms with van der Waals surface area (Å²) in [6, 6.07) is 0. The standard InChI is InChI=1S/C10H9Cl3N2O2/c11-5-7(10(16)17)14-9(13)6(12)8(5)15-3-1-2-4-15/h1-4H2,(H,16,17). The van der Waals surface area contributed by atoms with Gasteiger partial charge in [0.1, 0.15) is 5.02 Å². The minimum Gasteiger partial charge on any atom is -0.476 e. The molecule has 0 aliphatic carbocycles. The summed E-state index contributed by atoms with van der Waals surface area (Å²) in [6.45, 7) is 1.58. The SMILES string of the molecule is O=C(O)c1nc(Cl)c(Cl)c(N2CCCC2)c1Cl. The molecule has 4 nitrogen and oxygen atoms in total. The first-order valence-electron chi connectivity index (χ1n) is 5.05. The number of aromatic nitrogens is 1. The summed E-state index contributed by atoms with van der Waals surface area (Å²) >= 11 is 17.9. The number of hydrogen-bond acceptors (Lipinski definition) is 3. The third-order valence-electron chi connectivity index (χ3n) is 2.64.